The lowest BCUT2D eigenvalue weighted by Gasteiger charge is -2.07. The van der Waals surface area contributed by atoms with Gasteiger partial charge in [0.25, 0.3) is 0 Å². The molecule has 1 aromatic rings. The average molecular weight is 419 g/mol. The molecule has 0 saturated carbocycles. The van der Waals surface area contributed by atoms with Gasteiger partial charge in [0.05, 0.1) is 5.92 Å². The van der Waals surface area contributed by atoms with Crippen molar-refractivity contribution in [1.82, 2.24) is 0 Å². The average Bonchev–Trinajstić information content (AvgIpc) is 2.78. The largest absolute Gasteiger partial charge is 0.344 e. The first-order chi connectivity index (χ1) is 14.7. The molecule has 0 spiro atoms. The predicted molar refractivity (Wildman–Crippen MR) is 127 cm³/mol. The van der Waals surface area contributed by atoms with E-state index >= 15 is 0 Å². The fourth-order valence-electron chi connectivity index (χ4n) is 4.11. The van der Waals surface area contributed by atoms with Crippen LogP contribution < -0.4 is 0 Å². The minimum atomic E-state index is -0.506. The number of benzene rings is 1. The molecular weight excluding hydrogens is 372 g/mol. The van der Waals surface area contributed by atoms with Crippen LogP contribution in [-0.4, -0.2) is 11.2 Å². The summed E-state index contributed by atoms with van der Waals surface area (Å²) in [6.07, 6.45) is 23.5. The summed E-state index contributed by atoms with van der Waals surface area (Å²) in [4.78, 5) is 14.9. The van der Waals surface area contributed by atoms with Crippen LogP contribution in [0.4, 0.5) is 0 Å². The Hall–Kier alpha value is -1.35. The molecule has 0 aromatic heterocycles. The van der Waals surface area contributed by atoms with Crippen LogP contribution in [0.2, 0.25) is 0 Å². The Bertz CT molecular complexity index is 500. The molecule has 0 fully saturated rings. The van der Waals surface area contributed by atoms with E-state index in [9.17, 15) is 4.79 Å². The Balaban J connectivity index is 1.71. The van der Waals surface area contributed by atoms with Crippen LogP contribution >= 0.6 is 0 Å². The van der Waals surface area contributed by atoms with Crippen molar-refractivity contribution in [3.63, 3.8) is 0 Å². The minimum Gasteiger partial charge on any atom is -0.301 e. The molecule has 0 bridgehead atoms. The molecule has 1 unspecified atom stereocenters. The van der Waals surface area contributed by atoms with E-state index in [0.29, 0.717) is 0 Å². The van der Waals surface area contributed by atoms with Gasteiger partial charge in [-0.25, -0.2) is 4.79 Å². The second-order valence-electron chi connectivity index (χ2n) is 8.99. The Kier molecular flexibility index (Phi) is 17.4. The summed E-state index contributed by atoms with van der Waals surface area (Å²) in [5.74, 6) is -0.691. The van der Waals surface area contributed by atoms with Gasteiger partial charge in [0.15, 0.2) is 0 Å². The van der Waals surface area contributed by atoms with Crippen molar-refractivity contribution >= 4 is 5.97 Å². The van der Waals surface area contributed by atoms with Gasteiger partial charge in [-0.1, -0.05) is 134 Å². The van der Waals surface area contributed by atoms with E-state index in [-0.39, 0.29) is 5.92 Å². The normalized spacial score (nSPS) is 12.1. The van der Waals surface area contributed by atoms with Gasteiger partial charge < -0.3 is 4.89 Å². The molecule has 0 amide bonds. The lowest BCUT2D eigenvalue weighted by molar-refractivity contribution is -0.238. The molecule has 1 aromatic carbocycles. The Morgan fingerprint density at radius 1 is 0.700 bits per heavy atom. The summed E-state index contributed by atoms with van der Waals surface area (Å²) in [5.41, 5.74) is 1.48. The molecule has 172 valence electrons. The summed E-state index contributed by atoms with van der Waals surface area (Å²) in [5, 5.41) is 8.33. The first kappa shape index (κ1) is 26.7. The van der Waals surface area contributed by atoms with Crippen LogP contribution in [-0.2, 0) is 16.1 Å². The van der Waals surface area contributed by atoms with Crippen LogP contribution in [0.15, 0.2) is 30.3 Å². The first-order valence-corrected chi connectivity index (χ1v) is 12.6. The Morgan fingerprint density at radius 3 is 1.53 bits per heavy atom. The van der Waals surface area contributed by atoms with E-state index in [1.807, 2.05) is 6.92 Å². The smallest absolute Gasteiger partial charge is 0.301 e. The van der Waals surface area contributed by atoms with Crippen LogP contribution in [0.3, 0.4) is 0 Å². The number of hydrogen-bond donors (Lipinski definition) is 1. The summed E-state index contributed by atoms with van der Waals surface area (Å²) >= 11 is 0. The molecule has 3 heteroatoms. The van der Waals surface area contributed by atoms with Gasteiger partial charge in [0.1, 0.15) is 0 Å². The number of unbranched alkanes of at least 4 members (excludes halogenated alkanes) is 15. The van der Waals surface area contributed by atoms with Crippen LogP contribution in [0.25, 0.3) is 0 Å². The van der Waals surface area contributed by atoms with E-state index in [2.05, 4.69) is 35.2 Å². The monoisotopic (exact) mass is 418 g/mol. The van der Waals surface area contributed by atoms with Gasteiger partial charge in [-0.15, -0.1) is 0 Å². The predicted octanol–water partition coefficient (Wildman–Crippen LogP) is 8.51. The van der Waals surface area contributed by atoms with Gasteiger partial charge in [-0.3, -0.25) is 0 Å². The van der Waals surface area contributed by atoms with E-state index in [1.165, 1.54) is 108 Å². The first-order valence-electron chi connectivity index (χ1n) is 12.6. The second kappa shape index (κ2) is 19.6. The molecule has 1 atom stereocenters. The molecule has 3 nitrogen and oxygen atoms in total. The number of carbonyl (C=O) groups is 1. The van der Waals surface area contributed by atoms with Crippen LogP contribution in [0.5, 0.6) is 0 Å². The summed E-state index contributed by atoms with van der Waals surface area (Å²) < 4.78 is 0. The summed E-state index contributed by atoms with van der Waals surface area (Å²) in [6.45, 7) is 1.81. The molecule has 0 aliphatic carbocycles. The molecular formula is C27H46O3. The van der Waals surface area contributed by atoms with Crippen molar-refractivity contribution in [3.05, 3.63) is 35.9 Å². The fourth-order valence-corrected chi connectivity index (χ4v) is 4.11. The van der Waals surface area contributed by atoms with E-state index in [4.69, 9.17) is 5.26 Å². The Morgan fingerprint density at radius 2 is 1.10 bits per heavy atom. The second-order valence-corrected chi connectivity index (χ2v) is 8.99. The quantitative estimate of drug-likeness (QED) is 0.131. The lowest BCUT2D eigenvalue weighted by atomic mass is 10.0. The minimum absolute atomic E-state index is 0.186. The van der Waals surface area contributed by atoms with Crippen molar-refractivity contribution in [2.24, 2.45) is 5.92 Å². The van der Waals surface area contributed by atoms with Crippen molar-refractivity contribution in [1.29, 1.82) is 0 Å². The van der Waals surface area contributed by atoms with E-state index < -0.39 is 5.97 Å². The topological polar surface area (TPSA) is 46.5 Å². The third-order valence-corrected chi connectivity index (χ3v) is 6.19. The van der Waals surface area contributed by atoms with Gasteiger partial charge in [0.2, 0.25) is 0 Å². The standard InChI is InChI=1S/C27H46O3/c1-25(27(28)30-29)21-17-14-12-10-8-6-4-2-3-5-7-9-11-13-15-18-22-26-23-19-16-20-24-26/h16,19-20,23-25,29H,2-15,17-18,21-22H2,1H3. The van der Waals surface area contributed by atoms with Crippen molar-refractivity contribution in [2.45, 2.75) is 122 Å². The molecule has 0 saturated heterocycles. The zero-order valence-electron chi connectivity index (χ0n) is 19.5. The van der Waals surface area contributed by atoms with Crippen LogP contribution in [0, 0.1) is 5.92 Å². The molecule has 0 aliphatic heterocycles. The zero-order chi connectivity index (χ0) is 21.7. The molecule has 1 N–H and O–H groups in total. The lowest BCUT2D eigenvalue weighted by Crippen LogP contribution is -2.12. The Labute approximate surface area is 185 Å². The van der Waals surface area contributed by atoms with Gasteiger partial charge in [-0.2, -0.15) is 5.26 Å². The summed E-state index contributed by atoms with van der Waals surface area (Å²) in [6, 6.07) is 10.9. The van der Waals surface area contributed by atoms with Crippen molar-refractivity contribution < 1.29 is 14.9 Å². The van der Waals surface area contributed by atoms with Crippen molar-refractivity contribution in [2.75, 3.05) is 0 Å². The van der Waals surface area contributed by atoms with Gasteiger partial charge in [-0.05, 0) is 24.8 Å². The van der Waals surface area contributed by atoms with E-state index in [1.54, 1.807) is 0 Å². The fraction of sp³-hybridized carbons (Fsp3) is 0.741. The van der Waals surface area contributed by atoms with Crippen molar-refractivity contribution in [3.8, 4) is 0 Å². The van der Waals surface area contributed by atoms with Gasteiger partial charge in [0, 0.05) is 0 Å². The number of aryl methyl sites for hydroxylation is 1. The highest BCUT2D eigenvalue weighted by Gasteiger charge is 2.13. The van der Waals surface area contributed by atoms with Crippen LogP contribution in [0.1, 0.15) is 122 Å². The third kappa shape index (κ3) is 15.5. The van der Waals surface area contributed by atoms with Gasteiger partial charge >= 0.3 is 5.97 Å². The maximum absolute atomic E-state index is 11.1. The third-order valence-electron chi connectivity index (χ3n) is 6.19. The molecule has 0 heterocycles. The summed E-state index contributed by atoms with van der Waals surface area (Å²) in [7, 11) is 0. The molecule has 30 heavy (non-hydrogen) atoms. The molecule has 0 radical (unpaired) electrons. The SMILES string of the molecule is CC(CCCCCCCCCCCCCCCCCCc1ccccc1)C(=O)OO. The number of hydrogen-bond acceptors (Lipinski definition) is 3. The zero-order valence-corrected chi connectivity index (χ0v) is 19.5. The number of rotatable bonds is 20. The molecule has 1 rings (SSSR count). The van der Waals surface area contributed by atoms with E-state index in [0.717, 1.165) is 12.8 Å². The number of carbonyl (C=O) groups excluding carboxylic acids is 1. The maximum atomic E-state index is 11.1. The highest BCUT2D eigenvalue weighted by molar-refractivity contribution is 5.71. The highest BCUT2D eigenvalue weighted by Crippen LogP contribution is 2.16. The maximum Gasteiger partial charge on any atom is 0.344 e. The molecule has 0 aliphatic rings. The highest BCUT2D eigenvalue weighted by atomic mass is 17.1.